The number of hydrogen-bond acceptors (Lipinski definition) is 2. The van der Waals surface area contributed by atoms with Gasteiger partial charge in [-0.2, -0.15) is 0 Å². The molecule has 1 heterocycles. The minimum atomic E-state index is -0.268. The molecule has 0 unspecified atom stereocenters. The highest BCUT2D eigenvalue weighted by molar-refractivity contribution is 5.96. The summed E-state index contributed by atoms with van der Waals surface area (Å²) < 4.78 is 1.56. The number of nitrogens with one attached hydrogen (secondary N) is 1. The summed E-state index contributed by atoms with van der Waals surface area (Å²) in [7, 11) is 0. The van der Waals surface area contributed by atoms with Crippen molar-refractivity contribution in [3.63, 3.8) is 0 Å². The molecule has 0 bridgehead atoms. The molecule has 1 aromatic heterocycles. The van der Waals surface area contributed by atoms with Crippen LogP contribution in [-0.4, -0.2) is 17.0 Å². The quantitative estimate of drug-likeness (QED) is 0.705. The molecule has 1 amide bonds. The highest BCUT2D eigenvalue weighted by Gasteiger charge is 2.15. The predicted octanol–water partition coefficient (Wildman–Crippen LogP) is 3.16. The third-order valence-electron chi connectivity index (χ3n) is 4.13. The van der Waals surface area contributed by atoms with Crippen LogP contribution in [0, 0.1) is 0 Å². The van der Waals surface area contributed by atoms with Crippen LogP contribution in [0.4, 0.5) is 0 Å². The van der Waals surface area contributed by atoms with Crippen molar-refractivity contribution in [1.29, 1.82) is 0 Å². The van der Waals surface area contributed by atoms with Crippen molar-refractivity contribution in [3.8, 4) is 0 Å². The molecule has 0 saturated carbocycles. The van der Waals surface area contributed by atoms with E-state index in [0.717, 1.165) is 10.9 Å². The molecular weight excluding hydrogens is 312 g/mol. The zero-order chi connectivity index (χ0) is 17.6. The summed E-state index contributed by atoms with van der Waals surface area (Å²) in [4.78, 5) is 25.4. The minimum Gasteiger partial charge on any atom is -0.347 e. The lowest BCUT2D eigenvalue weighted by Gasteiger charge is -2.14. The van der Waals surface area contributed by atoms with Gasteiger partial charge >= 0.3 is 0 Å². The van der Waals surface area contributed by atoms with Crippen molar-refractivity contribution in [2.24, 2.45) is 0 Å². The van der Waals surface area contributed by atoms with Crippen LogP contribution in [0.25, 0.3) is 10.8 Å². The molecule has 126 valence electrons. The first-order valence-electron chi connectivity index (χ1n) is 8.26. The number of aryl methyl sites for hydroxylation is 1. The highest BCUT2D eigenvalue weighted by Crippen LogP contribution is 2.13. The van der Waals surface area contributed by atoms with E-state index in [-0.39, 0.29) is 11.5 Å². The fraction of sp³-hybridized carbons (Fsp3) is 0.143. The number of fused-ring (bicyclic) bond motifs is 1. The van der Waals surface area contributed by atoms with Crippen LogP contribution < -0.4 is 10.9 Å². The summed E-state index contributed by atoms with van der Waals surface area (Å²) in [6, 6.07) is 19.0. The number of rotatable bonds is 6. The Balaban J connectivity index is 2.03. The molecule has 0 atom stereocenters. The average Bonchev–Trinajstić information content (AvgIpc) is 2.66. The number of pyridine rings is 1. The number of benzene rings is 2. The third kappa shape index (κ3) is 3.69. The largest absolute Gasteiger partial charge is 0.347 e. The van der Waals surface area contributed by atoms with E-state index in [1.807, 2.05) is 48.5 Å². The lowest BCUT2D eigenvalue weighted by molar-refractivity contribution is 0.0947. The Bertz CT molecular complexity index is 959. The molecule has 4 heteroatoms. The lowest BCUT2D eigenvalue weighted by atomic mass is 10.1. The maximum Gasteiger partial charge on any atom is 0.268 e. The van der Waals surface area contributed by atoms with Crippen LogP contribution >= 0.6 is 0 Å². The second kappa shape index (κ2) is 7.62. The van der Waals surface area contributed by atoms with Crippen LogP contribution in [0.5, 0.6) is 0 Å². The zero-order valence-corrected chi connectivity index (χ0v) is 13.9. The molecule has 0 aliphatic heterocycles. The molecule has 1 N–H and O–H groups in total. The number of amides is 1. The fourth-order valence-corrected chi connectivity index (χ4v) is 2.85. The molecule has 3 rings (SSSR count). The molecule has 25 heavy (non-hydrogen) atoms. The Morgan fingerprint density at radius 2 is 1.80 bits per heavy atom. The van der Waals surface area contributed by atoms with Gasteiger partial charge in [0.15, 0.2) is 0 Å². The van der Waals surface area contributed by atoms with E-state index in [4.69, 9.17) is 0 Å². The predicted molar refractivity (Wildman–Crippen MR) is 101 cm³/mol. The molecule has 3 aromatic rings. The number of carbonyl (C=O) groups excluding carboxylic acids is 1. The fourth-order valence-electron chi connectivity index (χ4n) is 2.85. The molecule has 0 aliphatic carbocycles. The van der Waals surface area contributed by atoms with Gasteiger partial charge in [0.2, 0.25) is 0 Å². The summed E-state index contributed by atoms with van der Waals surface area (Å²) in [6.45, 7) is 4.42. The molecule has 0 spiro atoms. The standard InChI is InChI=1S/C21H20N2O2/c1-2-13-22-20(24)19-15-17-10-6-7-11-18(17)21(25)23(19)14-12-16-8-4-3-5-9-16/h2-11,15H,1,12-14H2,(H,22,24). The molecular formula is C21H20N2O2. The molecule has 0 fully saturated rings. The van der Waals surface area contributed by atoms with E-state index in [9.17, 15) is 9.59 Å². The Labute approximate surface area is 146 Å². The van der Waals surface area contributed by atoms with Crippen molar-refractivity contribution >= 4 is 16.7 Å². The van der Waals surface area contributed by atoms with E-state index in [1.165, 1.54) is 0 Å². The normalized spacial score (nSPS) is 10.6. The molecule has 0 radical (unpaired) electrons. The van der Waals surface area contributed by atoms with E-state index in [2.05, 4.69) is 11.9 Å². The Kier molecular flexibility index (Phi) is 5.09. The highest BCUT2D eigenvalue weighted by atomic mass is 16.2. The molecule has 2 aromatic carbocycles. The van der Waals surface area contributed by atoms with Gasteiger partial charge in [-0.15, -0.1) is 6.58 Å². The summed E-state index contributed by atoms with van der Waals surface area (Å²) >= 11 is 0. The van der Waals surface area contributed by atoms with Crippen LogP contribution in [0.15, 0.2) is 78.1 Å². The first-order valence-corrected chi connectivity index (χ1v) is 8.26. The second-order valence-electron chi connectivity index (χ2n) is 5.81. The Morgan fingerprint density at radius 3 is 2.56 bits per heavy atom. The minimum absolute atomic E-state index is 0.141. The first-order chi connectivity index (χ1) is 12.2. The summed E-state index contributed by atoms with van der Waals surface area (Å²) in [6.07, 6.45) is 2.30. The van der Waals surface area contributed by atoms with Gasteiger partial charge in [0.25, 0.3) is 11.5 Å². The zero-order valence-electron chi connectivity index (χ0n) is 13.9. The molecule has 0 saturated heterocycles. The van der Waals surface area contributed by atoms with Crippen molar-refractivity contribution in [2.45, 2.75) is 13.0 Å². The van der Waals surface area contributed by atoms with Crippen molar-refractivity contribution in [1.82, 2.24) is 9.88 Å². The smallest absolute Gasteiger partial charge is 0.268 e. The van der Waals surface area contributed by atoms with Gasteiger partial charge in [0.05, 0.1) is 0 Å². The van der Waals surface area contributed by atoms with Crippen molar-refractivity contribution in [2.75, 3.05) is 6.54 Å². The number of nitrogens with zero attached hydrogens (tertiary/aromatic N) is 1. The van der Waals surface area contributed by atoms with Crippen LogP contribution in [0.1, 0.15) is 16.1 Å². The van der Waals surface area contributed by atoms with E-state index in [1.54, 1.807) is 22.8 Å². The maximum absolute atomic E-state index is 12.9. The maximum atomic E-state index is 12.9. The van der Waals surface area contributed by atoms with Gasteiger partial charge in [-0.05, 0) is 29.5 Å². The first kappa shape index (κ1) is 16.7. The SMILES string of the molecule is C=CCNC(=O)c1cc2ccccc2c(=O)n1CCc1ccccc1. The molecule has 0 aliphatic rings. The van der Waals surface area contributed by atoms with Gasteiger partial charge in [0, 0.05) is 18.5 Å². The van der Waals surface area contributed by atoms with Crippen molar-refractivity contribution < 1.29 is 4.79 Å². The summed E-state index contributed by atoms with van der Waals surface area (Å²) in [5.74, 6) is -0.268. The van der Waals surface area contributed by atoms with Crippen LogP contribution in [0.3, 0.4) is 0 Å². The van der Waals surface area contributed by atoms with Crippen molar-refractivity contribution in [3.05, 3.63) is 94.9 Å². The molecule has 4 nitrogen and oxygen atoms in total. The van der Waals surface area contributed by atoms with Gasteiger partial charge < -0.3 is 9.88 Å². The third-order valence-corrected chi connectivity index (χ3v) is 4.13. The Hall–Kier alpha value is -3.14. The van der Waals surface area contributed by atoms with Gasteiger partial charge in [-0.3, -0.25) is 9.59 Å². The van der Waals surface area contributed by atoms with Gasteiger partial charge in [-0.1, -0.05) is 54.6 Å². The van der Waals surface area contributed by atoms with E-state index in [0.29, 0.717) is 30.6 Å². The number of carbonyl (C=O) groups is 1. The van der Waals surface area contributed by atoms with E-state index >= 15 is 0 Å². The van der Waals surface area contributed by atoms with E-state index < -0.39 is 0 Å². The summed E-state index contributed by atoms with van der Waals surface area (Å²) in [5.41, 5.74) is 1.36. The number of aromatic nitrogens is 1. The monoisotopic (exact) mass is 332 g/mol. The summed E-state index contributed by atoms with van der Waals surface area (Å²) in [5, 5.41) is 4.15. The van der Waals surface area contributed by atoms with Crippen LogP contribution in [-0.2, 0) is 13.0 Å². The Morgan fingerprint density at radius 1 is 1.08 bits per heavy atom. The number of hydrogen-bond donors (Lipinski definition) is 1. The lowest BCUT2D eigenvalue weighted by Crippen LogP contribution is -2.33. The topological polar surface area (TPSA) is 51.1 Å². The second-order valence-corrected chi connectivity index (χ2v) is 5.81. The van der Waals surface area contributed by atoms with Gasteiger partial charge in [0.1, 0.15) is 5.69 Å². The van der Waals surface area contributed by atoms with Gasteiger partial charge in [-0.25, -0.2) is 0 Å². The average molecular weight is 332 g/mol. The van der Waals surface area contributed by atoms with Crippen LogP contribution in [0.2, 0.25) is 0 Å².